The van der Waals surface area contributed by atoms with Crippen LogP contribution in [0.25, 0.3) is 0 Å². The first-order valence-electron chi connectivity index (χ1n) is 6.88. The molecule has 1 amide bonds. The summed E-state index contributed by atoms with van der Waals surface area (Å²) < 4.78 is 44.3. The third-order valence-electron chi connectivity index (χ3n) is 3.34. The van der Waals surface area contributed by atoms with Crippen LogP contribution >= 0.6 is 11.3 Å². The Labute approximate surface area is 133 Å². The van der Waals surface area contributed by atoms with Crippen molar-refractivity contribution in [3.05, 3.63) is 40.4 Å². The number of alkyl halides is 3. The normalized spacial score (nSPS) is 18.1. The number of hydrogen-bond donors (Lipinski definition) is 1. The van der Waals surface area contributed by atoms with E-state index in [0.717, 1.165) is 36.3 Å². The molecule has 1 atom stereocenters. The van der Waals surface area contributed by atoms with Gasteiger partial charge in [-0.1, -0.05) is 23.5 Å². The number of carbonyl (C=O) groups excluding carboxylic acids is 1. The molecule has 122 valence electrons. The first kappa shape index (κ1) is 15.9. The van der Waals surface area contributed by atoms with Crippen LogP contribution in [0.3, 0.4) is 0 Å². The van der Waals surface area contributed by atoms with Gasteiger partial charge in [-0.25, -0.2) is 0 Å². The van der Waals surface area contributed by atoms with Crippen LogP contribution in [0.1, 0.15) is 39.9 Å². The molecule has 1 aliphatic rings. The molecule has 1 fully saturated rings. The molecule has 0 saturated carbocycles. The molecule has 2 aromatic rings. The van der Waals surface area contributed by atoms with Crippen molar-refractivity contribution in [3.63, 3.8) is 0 Å². The summed E-state index contributed by atoms with van der Waals surface area (Å²) in [6.45, 7) is 0.644. The molecule has 23 heavy (non-hydrogen) atoms. The average molecular weight is 343 g/mol. The number of amides is 1. The second kappa shape index (κ2) is 6.25. The van der Waals surface area contributed by atoms with E-state index in [9.17, 15) is 18.0 Å². The molecule has 0 aliphatic carbocycles. The molecule has 1 aliphatic heterocycles. The van der Waals surface area contributed by atoms with Gasteiger partial charge in [-0.05, 0) is 25.0 Å². The monoisotopic (exact) mass is 343 g/mol. The van der Waals surface area contributed by atoms with E-state index < -0.39 is 23.2 Å². The number of halogens is 3. The van der Waals surface area contributed by atoms with Gasteiger partial charge < -0.3 is 4.74 Å². The molecule has 5 nitrogen and oxygen atoms in total. The summed E-state index contributed by atoms with van der Waals surface area (Å²) in [7, 11) is 0. The topological polar surface area (TPSA) is 64.1 Å². The minimum atomic E-state index is -4.60. The van der Waals surface area contributed by atoms with E-state index in [0.29, 0.717) is 11.6 Å². The minimum absolute atomic E-state index is 0.150. The molecule has 9 heteroatoms. The lowest BCUT2D eigenvalue weighted by Crippen LogP contribution is -2.18. The van der Waals surface area contributed by atoms with Crippen LogP contribution in [0.4, 0.5) is 18.3 Å². The number of nitrogens with zero attached hydrogens (tertiary/aromatic N) is 2. The predicted octanol–water partition coefficient (Wildman–Crippen LogP) is 3.66. The third kappa shape index (κ3) is 3.50. The Bertz CT molecular complexity index is 711. The molecule has 1 unspecified atom stereocenters. The van der Waals surface area contributed by atoms with Crippen LogP contribution in [0.2, 0.25) is 0 Å². The van der Waals surface area contributed by atoms with Gasteiger partial charge in [0.25, 0.3) is 5.91 Å². The largest absolute Gasteiger partial charge is 0.417 e. The van der Waals surface area contributed by atoms with Crippen LogP contribution in [0.5, 0.6) is 0 Å². The van der Waals surface area contributed by atoms with E-state index in [4.69, 9.17) is 4.74 Å². The molecule has 1 aromatic carbocycles. The highest BCUT2D eigenvalue weighted by Gasteiger charge is 2.35. The second-order valence-corrected chi connectivity index (χ2v) is 5.95. The quantitative estimate of drug-likeness (QED) is 0.924. The zero-order valence-electron chi connectivity index (χ0n) is 11.8. The van der Waals surface area contributed by atoms with Gasteiger partial charge in [-0.3, -0.25) is 10.1 Å². The average Bonchev–Trinajstić information content (AvgIpc) is 3.17. The highest BCUT2D eigenvalue weighted by atomic mass is 32.1. The molecule has 1 saturated heterocycles. The summed E-state index contributed by atoms with van der Waals surface area (Å²) in [4.78, 5) is 12.1. The molecular weight excluding hydrogens is 331 g/mol. The van der Waals surface area contributed by atoms with Crippen LogP contribution in [-0.2, 0) is 10.9 Å². The molecule has 3 rings (SSSR count). The van der Waals surface area contributed by atoms with E-state index in [-0.39, 0.29) is 11.2 Å². The first-order valence-corrected chi connectivity index (χ1v) is 7.69. The molecular formula is C14H12F3N3O2S. The molecule has 1 N–H and O–H groups in total. The van der Waals surface area contributed by atoms with Gasteiger partial charge in [0.2, 0.25) is 5.13 Å². The van der Waals surface area contributed by atoms with Crippen molar-refractivity contribution in [2.75, 3.05) is 11.9 Å². The lowest BCUT2D eigenvalue weighted by atomic mass is 10.1. The Morgan fingerprint density at radius 2 is 2.09 bits per heavy atom. The Morgan fingerprint density at radius 1 is 1.30 bits per heavy atom. The van der Waals surface area contributed by atoms with Crippen molar-refractivity contribution in [1.82, 2.24) is 10.2 Å². The van der Waals surface area contributed by atoms with Crippen LogP contribution in [0.15, 0.2) is 24.3 Å². The van der Waals surface area contributed by atoms with Crippen molar-refractivity contribution < 1.29 is 22.7 Å². The minimum Gasteiger partial charge on any atom is -0.371 e. The predicted molar refractivity (Wildman–Crippen MR) is 77.2 cm³/mol. The molecule has 0 radical (unpaired) electrons. The lowest BCUT2D eigenvalue weighted by molar-refractivity contribution is -0.137. The van der Waals surface area contributed by atoms with Crippen LogP contribution < -0.4 is 5.32 Å². The van der Waals surface area contributed by atoms with Gasteiger partial charge in [-0.15, -0.1) is 10.2 Å². The fourth-order valence-corrected chi connectivity index (χ4v) is 3.10. The van der Waals surface area contributed by atoms with Gasteiger partial charge in [0.05, 0.1) is 11.1 Å². The van der Waals surface area contributed by atoms with E-state index in [1.54, 1.807) is 0 Å². The van der Waals surface area contributed by atoms with Crippen LogP contribution in [-0.4, -0.2) is 22.7 Å². The van der Waals surface area contributed by atoms with E-state index in [1.165, 1.54) is 12.1 Å². The number of benzene rings is 1. The Kier molecular flexibility index (Phi) is 4.31. The highest BCUT2D eigenvalue weighted by molar-refractivity contribution is 7.15. The van der Waals surface area contributed by atoms with Gasteiger partial charge in [-0.2, -0.15) is 13.2 Å². The van der Waals surface area contributed by atoms with Gasteiger partial charge in [0.1, 0.15) is 11.1 Å². The van der Waals surface area contributed by atoms with Gasteiger partial charge in [0, 0.05) is 6.61 Å². The van der Waals surface area contributed by atoms with Crippen molar-refractivity contribution in [2.45, 2.75) is 25.1 Å². The first-order chi connectivity index (χ1) is 10.9. The maximum atomic E-state index is 12.9. The SMILES string of the molecule is O=C(Nc1nnc(C2CCCO2)s1)c1ccccc1C(F)(F)F. The second-order valence-electron chi connectivity index (χ2n) is 4.94. The highest BCUT2D eigenvalue weighted by Crippen LogP contribution is 2.34. The fraction of sp³-hybridized carbons (Fsp3) is 0.357. The van der Waals surface area contributed by atoms with E-state index in [1.807, 2.05) is 0 Å². The zero-order chi connectivity index (χ0) is 16.4. The third-order valence-corrected chi connectivity index (χ3v) is 4.27. The summed E-state index contributed by atoms with van der Waals surface area (Å²) in [5.74, 6) is -0.868. The number of hydrogen-bond acceptors (Lipinski definition) is 5. The van der Waals surface area contributed by atoms with Crippen LogP contribution in [0, 0.1) is 0 Å². The number of carbonyl (C=O) groups is 1. The number of rotatable bonds is 3. The maximum absolute atomic E-state index is 12.9. The molecule has 0 spiro atoms. The number of aromatic nitrogens is 2. The molecule has 0 bridgehead atoms. The van der Waals surface area contributed by atoms with Crippen molar-refractivity contribution >= 4 is 22.4 Å². The van der Waals surface area contributed by atoms with E-state index in [2.05, 4.69) is 15.5 Å². The Morgan fingerprint density at radius 3 is 2.78 bits per heavy atom. The Hall–Kier alpha value is -2.00. The molecule has 2 heterocycles. The van der Waals surface area contributed by atoms with E-state index >= 15 is 0 Å². The summed E-state index contributed by atoms with van der Waals surface area (Å²) in [5, 5.41) is 10.8. The lowest BCUT2D eigenvalue weighted by Gasteiger charge is -2.11. The summed E-state index contributed by atoms with van der Waals surface area (Å²) >= 11 is 1.11. The van der Waals surface area contributed by atoms with Crippen molar-refractivity contribution in [1.29, 1.82) is 0 Å². The van der Waals surface area contributed by atoms with Crippen molar-refractivity contribution in [2.24, 2.45) is 0 Å². The fourth-order valence-electron chi connectivity index (χ4n) is 2.28. The number of nitrogens with one attached hydrogen (secondary N) is 1. The standard InChI is InChI=1S/C14H12F3N3O2S/c15-14(16,17)9-5-2-1-4-8(9)11(21)18-13-20-19-12(23-13)10-6-3-7-22-10/h1-2,4-5,10H,3,6-7H2,(H,18,20,21). The maximum Gasteiger partial charge on any atom is 0.417 e. The van der Waals surface area contributed by atoms with Gasteiger partial charge in [0.15, 0.2) is 0 Å². The zero-order valence-corrected chi connectivity index (χ0v) is 12.6. The van der Waals surface area contributed by atoms with Crippen molar-refractivity contribution in [3.8, 4) is 0 Å². The number of anilines is 1. The summed E-state index contributed by atoms with van der Waals surface area (Å²) in [6, 6.07) is 4.61. The van der Waals surface area contributed by atoms with Gasteiger partial charge >= 0.3 is 6.18 Å². The summed E-state index contributed by atoms with van der Waals surface area (Å²) in [5.41, 5.74) is -1.43. The number of ether oxygens (including phenoxy) is 1. The Balaban J connectivity index is 1.77. The smallest absolute Gasteiger partial charge is 0.371 e. The summed E-state index contributed by atoms with van der Waals surface area (Å²) in [6.07, 6.45) is -3.01. The molecule has 1 aromatic heterocycles.